The van der Waals surface area contributed by atoms with Gasteiger partial charge in [-0.25, -0.2) is 14.6 Å². The fourth-order valence-corrected chi connectivity index (χ4v) is 2.81. The van der Waals surface area contributed by atoms with Crippen LogP contribution < -0.4 is 10.6 Å². The van der Waals surface area contributed by atoms with Gasteiger partial charge in [-0.2, -0.15) is 0 Å². The van der Waals surface area contributed by atoms with Crippen molar-refractivity contribution in [1.29, 1.82) is 0 Å². The molecule has 2 heterocycles. The fourth-order valence-electron chi connectivity index (χ4n) is 2.81. The van der Waals surface area contributed by atoms with E-state index in [4.69, 9.17) is 4.63 Å². The Morgan fingerprint density at radius 3 is 2.26 bits per heavy atom. The largest absolute Gasteiger partial charge is 0.360 e. The number of nitrogens with zero attached hydrogens (tertiary/aromatic N) is 4. The molecule has 0 bridgehead atoms. The zero-order chi connectivity index (χ0) is 18.8. The van der Waals surface area contributed by atoms with Crippen LogP contribution in [0.15, 0.2) is 53.2 Å². The summed E-state index contributed by atoms with van der Waals surface area (Å²) in [5.74, 6) is 1.16. The summed E-state index contributed by atoms with van der Waals surface area (Å²) in [6.45, 7) is 6.23. The van der Waals surface area contributed by atoms with Gasteiger partial charge in [0, 0.05) is 5.69 Å². The molecule has 0 spiro atoms. The molecular formula is C20H20N6O. The fraction of sp³-hybridized carbons (Fsp3) is 0.200. The lowest BCUT2D eigenvalue weighted by Crippen LogP contribution is -2.11. The average molecular weight is 360 g/mol. The Hall–Kier alpha value is -3.48. The summed E-state index contributed by atoms with van der Waals surface area (Å²) in [5, 5.41) is 14.4. The van der Waals surface area contributed by atoms with Gasteiger partial charge >= 0.3 is 0 Å². The van der Waals surface area contributed by atoms with E-state index in [1.54, 1.807) is 0 Å². The van der Waals surface area contributed by atoms with Gasteiger partial charge in [-0.05, 0) is 59.9 Å². The predicted molar refractivity (Wildman–Crippen MR) is 105 cm³/mol. The molecule has 136 valence electrons. The highest BCUT2D eigenvalue weighted by Gasteiger charge is 2.16. The van der Waals surface area contributed by atoms with Crippen LogP contribution in [-0.2, 0) is 0 Å². The second kappa shape index (κ2) is 7.03. The number of aromatic nitrogens is 4. The number of hydrogen-bond donors (Lipinski definition) is 2. The molecular weight excluding hydrogens is 340 g/mol. The Morgan fingerprint density at radius 2 is 1.56 bits per heavy atom. The van der Waals surface area contributed by atoms with E-state index in [-0.39, 0.29) is 6.04 Å². The third-order valence-electron chi connectivity index (χ3n) is 4.54. The third kappa shape index (κ3) is 3.57. The first-order chi connectivity index (χ1) is 13.1. The molecule has 0 saturated heterocycles. The summed E-state index contributed by atoms with van der Waals surface area (Å²) < 4.78 is 4.77. The summed E-state index contributed by atoms with van der Waals surface area (Å²) in [6.07, 6.45) is 0. The Kier molecular flexibility index (Phi) is 4.42. The molecule has 7 heteroatoms. The Bertz CT molecular complexity index is 1080. The van der Waals surface area contributed by atoms with E-state index in [2.05, 4.69) is 76.0 Å². The molecule has 27 heavy (non-hydrogen) atoms. The predicted octanol–water partition coefficient (Wildman–Crippen LogP) is 4.55. The van der Waals surface area contributed by atoms with Gasteiger partial charge in [0.25, 0.3) is 0 Å². The molecule has 0 saturated carbocycles. The van der Waals surface area contributed by atoms with Gasteiger partial charge in [-0.15, -0.1) is 0 Å². The van der Waals surface area contributed by atoms with Crippen molar-refractivity contribution < 1.29 is 4.63 Å². The minimum Gasteiger partial charge on any atom is -0.360 e. The van der Waals surface area contributed by atoms with Gasteiger partial charge in [-0.1, -0.05) is 36.4 Å². The summed E-state index contributed by atoms with van der Waals surface area (Å²) in [7, 11) is 0. The molecule has 4 aromatic rings. The quantitative estimate of drug-likeness (QED) is 0.540. The van der Waals surface area contributed by atoms with Gasteiger partial charge in [0.1, 0.15) is 0 Å². The van der Waals surface area contributed by atoms with E-state index in [1.807, 2.05) is 24.3 Å². The molecule has 1 unspecified atom stereocenters. The highest BCUT2D eigenvalue weighted by Crippen LogP contribution is 2.28. The first kappa shape index (κ1) is 17.0. The molecule has 0 aliphatic rings. The minimum absolute atomic E-state index is 0.0399. The van der Waals surface area contributed by atoms with Crippen molar-refractivity contribution in [2.75, 3.05) is 10.6 Å². The lowest BCUT2D eigenvalue weighted by Gasteiger charge is -2.17. The van der Waals surface area contributed by atoms with Gasteiger partial charge in [0.05, 0.1) is 6.04 Å². The molecule has 7 nitrogen and oxygen atoms in total. The minimum atomic E-state index is 0.0399. The van der Waals surface area contributed by atoms with Crippen LogP contribution >= 0.6 is 0 Å². The smallest absolute Gasteiger partial charge is 0.245 e. The third-order valence-corrected chi connectivity index (χ3v) is 4.54. The molecule has 0 aliphatic carbocycles. The van der Waals surface area contributed by atoms with Crippen LogP contribution in [0.25, 0.3) is 11.3 Å². The molecule has 0 radical (unpaired) electrons. The first-order valence-corrected chi connectivity index (χ1v) is 8.76. The molecule has 4 rings (SSSR count). The lowest BCUT2D eigenvalue weighted by atomic mass is 10.1. The van der Waals surface area contributed by atoms with Crippen molar-refractivity contribution in [2.45, 2.75) is 26.8 Å². The van der Waals surface area contributed by atoms with Crippen LogP contribution in [0.2, 0.25) is 0 Å². The summed E-state index contributed by atoms with van der Waals surface area (Å²) >= 11 is 0. The Morgan fingerprint density at radius 1 is 0.852 bits per heavy atom. The van der Waals surface area contributed by atoms with E-state index in [0.29, 0.717) is 22.9 Å². The van der Waals surface area contributed by atoms with Crippen LogP contribution in [0.3, 0.4) is 0 Å². The van der Waals surface area contributed by atoms with Crippen LogP contribution in [0.5, 0.6) is 0 Å². The molecule has 0 fully saturated rings. The average Bonchev–Trinajstić information content (AvgIpc) is 3.13. The van der Waals surface area contributed by atoms with Gasteiger partial charge in [-0.3, -0.25) is 0 Å². The SMILES string of the molecule is Cc1ccc(Nc2nc3nonc3nc2NC(C)c2ccccc2)cc1C. The second-order valence-electron chi connectivity index (χ2n) is 6.53. The van der Waals surface area contributed by atoms with Crippen molar-refractivity contribution >= 4 is 28.6 Å². The number of hydrogen-bond acceptors (Lipinski definition) is 7. The van der Waals surface area contributed by atoms with Crippen molar-refractivity contribution in [3.05, 3.63) is 65.2 Å². The van der Waals surface area contributed by atoms with E-state index >= 15 is 0 Å². The second-order valence-corrected chi connectivity index (χ2v) is 6.53. The number of fused-ring (bicyclic) bond motifs is 1. The number of aryl methyl sites for hydroxylation is 2. The molecule has 2 N–H and O–H groups in total. The van der Waals surface area contributed by atoms with Crippen molar-refractivity contribution in [2.24, 2.45) is 0 Å². The lowest BCUT2D eigenvalue weighted by molar-refractivity contribution is 0.314. The van der Waals surface area contributed by atoms with Crippen LogP contribution in [0.4, 0.5) is 17.3 Å². The van der Waals surface area contributed by atoms with Crippen LogP contribution in [0.1, 0.15) is 29.7 Å². The monoisotopic (exact) mass is 360 g/mol. The van der Waals surface area contributed by atoms with Crippen LogP contribution in [-0.4, -0.2) is 20.3 Å². The number of nitrogens with one attached hydrogen (secondary N) is 2. The topological polar surface area (TPSA) is 88.8 Å². The standard InChI is InChI=1S/C20H20N6O/c1-12-9-10-16(11-13(12)2)22-18-17(23-19-20(24-18)26-27-25-19)21-14(3)15-7-5-4-6-8-15/h4-11,14H,1-3H3,(H,21,23,25)(H,22,24,26). The highest BCUT2D eigenvalue weighted by atomic mass is 16.6. The van der Waals surface area contributed by atoms with E-state index < -0.39 is 0 Å². The maximum atomic E-state index is 4.77. The number of anilines is 3. The van der Waals surface area contributed by atoms with Gasteiger partial charge in [0.15, 0.2) is 11.6 Å². The summed E-state index contributed by atoms with van der Waals surface area (Å²) in [6, 6.07) is 16.4. The maximum absolute atomic E-state index is 4.77. The van der Waals surface area contributed by atoms with Crippen molar-refractivity contribution in [1.82, 2.24) is 20.3 Å². The Labute approximate surface area is 156 Å². The normalized spacial score (nSPS) is 12.1. The van der Waals surface area contributed by atoms with Crippen molar-refractivity contribution in [3.8, 4) is 0 Å². The molecule has 0 aliphatic heterocycles. The number of benzene rings is 2. The molecule has 1 atom stereocenters. The van der Waals surface area contributed by atoms with Crippen molar-refractivity contribution in [3.63, 3.8) is 0 Å². The number of rotatable bonds is 5. The van der Waals surface area contributed by atoms with E-state index in [1.165, 1.54) is 11.1 Å². The highest BCUT2D eigenvalue weighted by molar-refractivity contribution is 5.76. The summed E-state index contributed by atoms with van der Waals surface area (Å²) in [4.78, 5) is 9.06. The van der Waals surface area contributed by atoms with E-state index in [9.17, 15) is 0 Å². The van der Waals surface area contributed by atoms with Gasteiger partial charge in [0.2, 0.25) is 11.3 Å². The zero-order valence-corrected chi connectivity index (χ0v) is 15.4. The Balaban J connectivity index is 1.69. The van der Waals surface area contributed by atoms with Crippen LogP contribution in [0, 0.1) is 13.8 Å². The van der Waals surface area contributed by atoms with E-state index in [0.717, 1.165) is 11.3 Å². The molecule has 2 aromatic heterocycles. The zero-order valence-electron chi connectivity index (χ0n) is 15.4. The molecule has 2 aromatic carbocycles. The molecule has 0 amide bonds. The van der Waals surface area contributed by atoms with Gasteiger partial charge < -0.3 is 10.6 Å². The first-order valence-electron chi connectivity index (χ1n) is 8.76. The maximum Gasteiger partial charge on any atom is 0.245 e. The summed E-state index contributed by atoms with van der Waals surface area (Å²) in [5.41, 5.74) is 5.24.